The Balaban J connectivity index is 2.10. The normalized spacial score (nSPS) is 10.6. The Hall–Kier alpha value is -2.51. The van der Waals surface area contributed by atoms with Gasteiger partial charge in [-0.15, -0.1) is 0 Å². The topological polar surface area (TPSA) is 111 Å². The summed E-state index contributed by atoms with van der Waals surface area (Å²) in [5.74, 6) is 0.120. The number of aromatic nitrogens is 4. The summed E-state index contributed by atoms with van der Waals surface area (Å²) < 4.78 is 2.90. The third-order valence-corrected chi connectivity index (χ3v) is 2.82. The Morgan fingerprint density at radius 1 is 1.42 bits per heavy atom. The van der Waals surface area contributed by atoms with Crippen LogP contribution in [0.3, 0.4) is 0 Å². The van der Waals surface area contributed by atoms with Crippen molar-refractivity contribution in [2.45, 2.75) is 6.42 Å². The monoisotopic (exact) mass is 264 g/mol. The molecule has 0 atom stereocenters. The van der Waals surface area contributed by atoms with Gasteiger partial charge in [-0.3, -0.25) is 19.0 Å². The van der Waals surface area contributed by atoms with Gasteiger partial charge in [0.25, 0.3) is 5.56 Å². The Kier molecular flexibility index (Phi) is 3.41. The van der Waals surface area contributed by atoms with E-state index in [1.54, 1.807) is 4.68 Å². The van der Waals surface area contributed by atoms with Gasteiger partial charge >= 0.3 is 5.69 Å². The molecular formula is C11H16N6O2. The van der Waals surface area contributed by atoms with Gasteiger partial charge in [0.1, 0.15) is 11.5 Å². The highest BCUT2D eigenvalue weighted by Crippen LogP contribution is 2.08. The van der Waals surface area contributed by atoms with Crippen molar-refractivity contribution in [1.29, 1.82) is 0 Å². The van der Waals surface area contributed by atoms with E-state index in [4.69, 9.17) is 5.73 Å². The van der Waals surface area contributed by atoms with Crippen LogP contribution in [0.15, 0.2) is 21.9 Å². The second-order valence-electron chi connectivity index (χ2n) is 4.24. The van der Waals surface area contributed by atoms with Crippen LogP contribution in [0.4, 0.5) is 11.5 Å². The largest absolute Gasteiger partial charge is 0.383 e. The summed E-state index contributed by atoms with van der Waals surface area (Å²) in [4.78, 5) is 25.1. The summed E-state index contributed by atoms with van der Waals surface area (Å²) in [5.41, 5.74) is 5.80. The summed E-state index contributed by atoms with van der Waals surface area (Å²) in [5, 5.41) is 7.15. The quantitative estimate of drug-likeness (QED) is 0.659. The predicted molar refractivity (Wildman–Crippen MR) is 72.1 cm³/mol. The van der Waals surface area contributed by atoms with E-state index in [-0.39, 0.29) is 11.5 Å². The molecule has 2 aromatic rings. The molecule has 0 aliphatic rings. The number of nitrogens with zero attached hydrogens (tertiary/aromatic N) is 3. The number of nitrogens with one attached hydrogen (secondary N) is 2. The van der Waals surface area contributed by atoms with E-state index in [2.05, 4.69) is 15.4 Å². The molecule has 0 radical (unpaired) electrons. The molecule has 0 spiro atoms. The SMILES string of the molecule is Cn1ccc(CCNc2c(N)n(C)c(=O)[nH]c2=O)n1. The lowest BCUT2D eigenvalue weighted by atomic mass is 10.3. The number of aromatic amines is 1. The highest BCUT2D eigenvalue weighted by molar-refractivity contribution is 5.60. The fourth-order valence-corrected chi connectivity index (χ4v) is 1.72. The summed E-state index contributed by atoms with van der Waals surface area (Å²) in [7, 11) is 3.34. The van der Waals surface area contributed by atoms with Crippen molar-refractivity contribution in [1.82, 2.24) is 19.3 Å². The van der Waals surface area contributed by atoms with Crippen molar-refractivity contribution in [3.05, 3.63) is 38.8 Å². The fourth-order valence-electron chi connectivity index (χ4n) is 1.72. The average molecular weight is 264 g/mol. The van der Waals surface area contributed by atoms with Gasteiger partial charge in [-0.25, -0.2) is 4.79 Å². The molecule has 0 aliphatic heterocycles. The molecule has 0 aromatic carbocycles. The molecule has 0 bridgehead atoms. The van der Waals surface area contributed by atoms with Crippen molar-refractivity contribution >= 4 is 11.5 Å². The van der Waals surface area contributed by atoms with Crippen molar-refractivity contribution < 1.29 is 0 Å². The maximum absolute atomic E-state index is 11.6. The van der Waals surface area contributed by atoms with E-state index in [0.29, 0.717) is 13.0 Å². The van der Waals surface area contributed by atoms with Crippen LogP contribution in [-0.4, -0.2) is 25.9 Å². The third kappa shape index (κ3) is 2.67. The molecule has 4 N–H and O–H groups in total. The number of hydrogen-bond donors (Lipinski definition) is 3. The zero-order chi connectivity index (χ0) is 14.0. The number of H-pyrrole nitrogens is 1. The number of anilines is 2. The summed E-state index contributed by atoms with van der Waals surface area (Å²) in [6.45, 7) is 0.502. The van der Waals surface area contributed by atoms with Crippen molar-refractivity contribution in [3.63, 3.8) is 0 Å². The van der Waals surface area contributed by atoms with Crippen molar-refractivity contribution in [2.24, 2.45) is 14.1 Å². The third-order valence-electron chi connectivity index (χ3n) is 2.82. The summed E-state index contributed by atoms with van der Waals surface area (Å²) in [6.07, 6.45) is 2.51. The van der Waals surface area contributed by atoms with Crippen LogP contribution in [0.2, 0.25) is 0 Å². The van der Waals surface area contributed by atoms with Crippen LogP contribution < -0.4 is 22.3 Å². The van der Waals surface area contributed by atoms with Crippen LogP contribution in [0.25, 0.3) is 0 Å². The van der Waals surface area contributed by atoms with Crippen LogP contribution >= 0.6 is 0 Å². The highest BCUT2D eigenvalue weighted by Gasteiger charge is 2.09. The molecule has 2 rings (SSSR count). The first-order valence-corrected chi connectivity index (χ1v) is 5.80. The van der Waals surface area contributed by atoms with Gasteiger partial charge in [0.2, 0.25) is 0 Å². The second kappa shape index (κ2) is 5.01. The lowest BCUT2D eigenvalue weighted by Crippen LogP contribution is -2.32. The van der Waals surface area contributed by atoms with E-state index in [0.717, 1.165) is 5.69 Å². The van der Waals surface area contributed by atoms with E-state index in [1.807, 2.05) is 19.3 Å². The van der Waals surface area contributed by atoms with Gasteiger partial charge < -0.3 is 11.1 Å². The van der Waals surface area contributed by atoms with Crippen molar-refractivity contribution in [3.8, 4) is 0 Å². The number of hydrogen-bond acceptors (Lipinski definition) is 5. The standard InChI is InChI=1S/C11H16N6O2/c1-16-6-4-7(15-16)3-5-13-8-9(12)17(2)11(19)14-10(8)18/h4,6,13H,3,5,12H2,1-2H3,(H,14,18,19). The first kappa shape index (κ1) is 12.9. The maximum atomic E-state index is 11.6. The first-order chi connectivity index (χ1) is 8.99. The molecule has 0 fully saturated rings. The molecule has 2 aromatic heterocycles. The van der Waals surface area contributed by atoms with Crippen molar-refractivity contribution in [2.75, 3.05) is 17.6 Å². The van der Waals surface area contributed by atoms with Crippen LogP contribution in [0.5, 0.6) is 0 Å². The molecule has 0 unspecified atom stereocenters. The molecule has 0 saturated carbocycles. The Bertz CT molecular complexity index is 696. The number of nitrogens with two attached hydrogens (primary N) is 1. The molecule has 8 nitrogen and oxygen atoms in total. The van der Waals surface area contributed by atoms with E-state index < -0.39 is 11.2 Å². The Morgan fingerprint density at radius 3 is 2.79 bits per heavy atom. The predicted octanol–water partition coefficient (Wildman–Crippen LogP) is -0.956. The van der Waals surface area contributed by atoms with Gasteiger partial charge in [0, 0.05) is 33.3 Å². The second-order valence-corrected chi connectivity index (χ2v) is 4.24. The number of aryl methyl sites for hydroxylation is 1. The van der Waals surface area contributed by atoms with Gasteiger partial charge in [-0.2, -0.15) is 5.10 Å². The lowest BCUT2D eigenvalue weighted by Gasteiger charge is -2.09. The molecule has 8 heteroatoms. The first-order valence-electron chi connectivity index (χ1n) is 5.80. The van der Waals surface area contributed by atoms with Crippen LogP contribution in [0, 0.1) is 0 Å². The smallest absolute Gasteiger partial charge is 0.329 e. The van der Waals surface area contributed by atoms with Gasteiger partial charge in [-0.05, 0) is 6.07 Å². The molecule has 19 heavy (non-hydrogen) atoms. The van der Waals surface area contributed by atoms with E-state index in [1.165, 1.54) is 11.6 Å². The zero-order valence-corrected chi connectivity index (χ0v) is 10.8. The highest BCUT2D eigenvalue weighted by atomic mass is 16.2. The molecular weight excluding hydrogens is 248 g/mol. The van der Waals surface area contributed by atoms with E-state index >= 15 is 0 Å². The number of rotatable bonds is 4. The van der Waals surface area contributed by atoms with E-state index in [9.17, 15) is 9.59 Å². The maximum Gasteiger partial charge on any atom is 0.329 e. The Morgan fingerprint density at radius 2 is 2.16 bits per heavy atom. The van der Waals surface area contributed by atoms with Gasteiger partial charge in [0.15, 0.2) is 0 Å². The molecule has 2 heterocycles. The number of nitrogen functional groups attached to an aromatic ring is 1. The minimum atomic E-state index is -0.530. The summed E-state index contributed by atoms with van der Waals surface area (Å²) >= 11 is 0. The fraction of sp³-hybridized carbons (Fsp3) is 0.364. The molecule has 0 aliphatic carbocycles. The minimum absolute atomic E-state index is 0.120. The molecule has 0 saturated heterocycles. The summed E-state index contributed by atoms with van der Waals surface area (Å²) in [6, 6.07) is 1.90. The van der Waals surface area contributed by atoms with Gasteiger partial charge in [-0.1, -0.05) is 0 Å². The van der Waals surface area contributed by atoms with Crippen LogP contribution in [-0.2, 0) is 20.5 Å². The molecule has 0 amide bonds. The zero-order valence-electron chi connectivity index (χ0n) is 10.8. The van der Waals surface area contributed by atoms with Crippen LogP contribution in [0.1, 0.15) is 5.69 Å². The minimum Gasteiger partial charge on any atom is -0.383 e. The average Bonchev–Trinajstić information content (AvgIpc) is 2.77. The Labute approximate surface area is 108 Å². The lowest BCUT2D eigenvalue weighted by molar-refractivity contribution is 0.741. The van der Waals surface area contributed by atoms with Gasteiger partial charge in [0.05, 0.1) is 5.69 Å². The molecule has 102 valence electrons.